The Hall–Kier alpha value is -1.42. The van der Waals surface area contributed by atoms with Crippen molar-refractivity contribution in [2.75, 3.05) is 0 Å². The summed E-state index contributed by atoms with van der Waals surface area (Å²) in [5.41, 5.74) is 0.499. The number of amides is 1. The highest BCUT2D eigenvalue weighted by Crippen LogP contribution is 2.28. The Morgan fingerprint density at radius 3 is 2.71 bits per heavy atom. The third-order valence-corrected chi connectivity index (χ3v) is 3.18. The second kappa shape index (κ2) is 4.11. The average molecular weight is 253 g/mol. The molecule has 1 unspecified atom stereocenters. The van der Waals surface area contributed by atoms with E-state index in [2.05, 4.69) is 10.3 Å². The summed E-state index contributed by atoms with van der Waals surface area (Å²) in [6.07, 6.45) is 1.57. The van der Waals surface area contributed by atoms with E-state index in [1.54, 1.807) is 32.2 Å². The molecule has 2 heterocycles. The molecule has 0 saturated carbocycles. The smallest absolute Gasteiger partial charge is 0.237 e. The summed E-state index contributed by atoms with van der Waals surface area (Å²) in [4.78, 5) is 28.0. The molecule has 1 saturated heterocycles. The van der Waals surface area contributed by atoms with Crippen LogP contribution in [0, 0.1) is 0 Å². The molecule has 0 aliphatic carbocycles. The zero-order chi connectivity index (χ0) is 12.6. The molecule has 0 spiro atoms. The van der Waals surface area contributed by atoms with Gasteiger partial charge in [-0.15, -0.1) is 11.6 Å². The largest absolute Gasteiger partial charge is 0.343 e. The first-order valence-electron chi connectivity index (χ1n) is 5.33. The van der Waals surface area contributed by atoms with Gasteiger partial charge in [0.25, 0.3) is 0 Å². The summed E-state index contributed by atoms with van der Waals surface area (Å²) >= 11 is 5.72. The molecule has 1 aliphatic rings. The lowest BCUT2D eigenvalue weighted by Crippen LogP contribution is -2.39. The molecular formula is C12H13ClN2O2. The summed E-state index contributed by atoms with van der Waals surface area (Å²) in [6.45, 7) is 3.39. The number of ketones is 1. The Balaban J connectivity index is 2.40. The quantitative estimate of drug-likeness (QED) is 0.639. The zero-order valence-corrected chi connectivity index (χ0v) is 10.4. The van der Waals surface area contributed by atoms with Crippen LogP contribution in [-0.2, 0) is 15.5 Å². The molecule has 1 aromatic heterocycles. The molecule has 4 nitrogen and oxygen atoms in total. The summed E-state index contributed by atoms with van der Waals surface area (Å²) in [5, 5.41) is 2.67. The molecule has 1 aliphatic heterocycles. The number of nitrogens with one attached hydrogen (secondary N) is 1. The van der Waals surface area contributed by atoms with Crippen molar-refractivity contribution >= 4 is 23.3 Å². The molecule has 5 heteroatoms. The van der Waals surface area contributed by atoms with E-state index in [1.807, 2.05) is 0 Å². The molecule has 17 heavy (non-hydrogen) atoms. The number of nitrogens with zero attached hydrogens (tertiary/aromatic N) is 1. The number of Topliss-reactive ketones (excluding diaryl/α,β-unsaturated/α-hetero) is 1. The van der Waals surface area contributed by atoms with E-state index in [0.717, 1.165) is 5.56 Å². The first-order valence-corrected chi connectivity index (χ1v) is 5.86. The minimum atomic E-state index is -0.819. The maximum Gasteiger partial charge on any atom is 0.237 e. The lowest BCUT2D eigenvalue weighted by Gasteiger charge is -2.14. The zero-order valence-electron chi connectivity index (χ0n) is 9.66. The van der Waals surface area contributed by atoms with Gasteiger partial charge in [0, 0.05) is 12.1 Å². The van der Waals surface area contributed by atoms with Crippen molar-refractivity contribution < 1.29 is 9.59 Å². The van der Waals surface area contributed by atoms with E-state index >= 15 is 0 Å². The van der Waals surface area contributed by atoms with E-state index in [0.29, 0.717) is 11.6 Å². The molecule has 90 valence electrons. The van der Waals surface area contributed by atoms with Crippen molar-refractivity contribution in [3.05, 3.63) is 29.6 Å². The fourth-order valence-corrected chi connectivity index (χ4v) is 2.09. The van der Waals surface area contributed by atoms with E-state index in [4.69, 9.17) is 11.6 Å². The molecule has 1 amide bonds. The third kappa shape index (κ3) is 2.05. The second-order valence-corrected chi connectivity index (χ2v) is 4.90. The van der Waals surface area contributed by atoms with Crippen LogP contribution < -0.4 is 5.32 Å². The third-order valence-electron chi connectivity index (χ3n) is 2.87. The number of alkyl halides is 1. The average Bonchev–Trinajstić information content (AvgIpc) is 2.48. The van der Waals surface area contributed by atoms with Crippen molar-refractivity contribution in [1.82, 2.24) is 10.3 Å². The highest BCUT2D eigenvalue weighted by molar-refractivity contribution is 6.17. The van der Waals surface area contributed by atoms with Gasteiger partial charge in [-0.3, -0.25) is 14.6 Å². The predicted octanol–water partition coefficient (Wildman–Crippen LogP) is 1.38. The Kier molecular flexibility index (Phi) is 2.91. The number of rotatable bonds is 2. The lowest BCUT2D eigenvalue weighted by molar-refractivity contribution is -0.125. The Morgan fingerprint density at radius 2 is 2.18 bits per heavy atom. The van der Waals surface area contributed by atoms with Crippen molar-refractivity contribution in [1.29, 1.82) is 0 Å². The van der Waals surface area contributed by atoms with Gasteiger partial charge in [-0.05, 0) is 31.5 Å². The van der Waals surface area contributed by atoms with Gasteiger partial charge in [-0.1, -0.05) is 0 Å². The summed E-state index contributed by atoms with van der Waals surface area (Å²) in [6, 6.07) is 3.47. The molecule has 1 aromatic rings. The molecule has 0 bridgehead atoms. The van der Waals surface area contributed by atoms with Crippen molar-refractivity contribution in [3.8, 4) is 0 Å². The molecule has 0 radical (unpaired) electrons. The maximum absolute atomic E-state index is 12.1. The number of carbonyl (C=O) groups is 2. The Bertz CT molecular complexity index is 485. The van der Waals surface area contributed by atoms with Crippen LogP contribution in [0.4, 0.5) is 0 Å². The number of halogens is 1. The fourth-order valence-electron chi connectivity index (χ4n) is 1.93. The van der Waals surface area contributed by atoms with Crippen LogP contribution in [0.2, 0.25) is 0 Å². The highest BCUT2D eigenvalue weighted by Gasteiger charge is 2.47. The van der Waals surface area contributed by atoms with Gasteiger partial charge in [0.05, 0.1) is 11.2 Å². The minimum Gasteiger partial charge on any atom is -0.343 e. The minimum absolute atomic E-state index is 0.151. The van der Waals surface area contributed by atoms with Gasteiger partial charge < -0.3 is 5.32 Å². The number of hydrogen-bond donors (Lipinski definition) is 1. The van der Waals surface area contributed by atoms with Crippen LogP contribution in [-0.4, -0.2) is 22.2 Å². The normalized spacial score (nSPS) is 22.6. The molecular weight excluding hydrogens is 240 g/mol. The van der Waals surface area contributed by atoms with Gasteiger partial charge in [0.2, 0.25) is 5.91 Å². The van der Waals surface area contributed by atoms with E-state index < -0.39 is 11.5 Å². The monoisotopic (exact) mass is 252 g/mol. The van der Waals surface area contributed by atoms with Gasteiger partial charge >= 0.3 is 0 Å². The molecule has 1 N–H and O–H groups in total. The van der Waals surface area contributed by atoms with Crippen LogP contribution in [0.15, 0.2) is 18.3 Å². The first kappa shape index (κ1) is 12.0. The second-order valence-electron chi connectivity index (χ2n) is 4.63. The SMILES string of the molecule is CC1(C)NC(=O)C(c2cc(CCl)ccn2)C1=O. The van der Waals surface area contributed by atoms with E-state index in [9.17, 15) is 9.59 Å². The van der Waals surface area contributed by atoms with Crippen LogP contribution in [0.5, 0.6) is 0 Å². The molecule has 1 fully saturated rings. The van der Waals surface area contributed by atoms with Crippen LogP contribution in [0.3, 0.4) is 0 Å². The van der Waals surface area contributed by atoms with Crippen molar-refractivity contribution in [2.45, 2.75) is 31.2 Å². The van der Waals surface area contributed by atoms with Gasteiger partial charge in [-0.2, -0.15) is 0 Å². The topological polar surface area (TPSA) is 59.1 Å². The van der Waals surface area contributed by atoms with Gasteiger partial charge in [-0.25, -0.2) is 0 Å². The molecule has 1 atom stereocenters. The molecule has 0 aromatic carbocycles. The first-order chi connectivity index (χ1) is 7.95. The van der Waals surface area contributed by atoms with Crippen LogP contribution >= 0.6 is 11.6 Å². The molecule has 2 rings (SSSR count). The van der Waals surface area contributed by atoms with Gasteiger partial charge in [0.15, 0.2) is 5.78 Å². The standard InChI is InChI=1S/C12H13ClN2O2/c1-12(2)10(16)9(11(17)15-12)8-5-7(6-13)3-4-14-8/h3-5,9H,6H2,1-2H3,(H,15,17). The predicted molar refractivity (Wildman–Crippen MR) is 63.8 cm³/mol. The lowest BCUT2D eigenvalue weighted by atomic mass is 9.92. The van der Waals surface area contributed by atoms with Crippen molar-refractivity contribution in [2.24, 2.45) is 0 Å². The van der Waals surface area contributed by atoms with Gasteiger partial charge in [0.1, 0.15) is 5.92 Å². The number of hydrogen-bond acceptors (Lipinski definition) is 3. The van der Waals surface area contributed by atoms with Crippen LogP contribution in [0.25, 0.3) is 0 Å². The number of pyridine rings is 1. The highest BCUT2D eigenvalue weighted by atomic mass is 35.5. The van der Waals surface area contributed by atoms with E-state index in [1.165, 1.54) is 0 Å². The van der Waals surface area contributed by atoms with E-state index in [-0.39, 0.29) is 11.7 Å². The maximum atomic E-state index is 12.1. The number of aromatic nitrogens is 1. The Labute approximate surface area is 104 Å². The number of carbonyl (C=O) groups excluding carboxylic acids is 2. The van der Waals surface area contributed by atoms with Crippen LogP contribution in [0.1, 0.15) is 31.0 Å². The summed E-state index contributed by atoms with van der Waals surface area (Å²) in [7, 11) is 0. The fraction of sp³-hybridized carbons (Fsp3) is 0.417. The summed E-state index contributed by atoms with van der Waals surface area (Å²) < 4.78 is 0. The summed E-state index contributed by atoms with van der Waals surface area (Å²) in [5.74, 6) is -0.921. The van der Waals surface area contributed by atoms with Crippen molar-refractivity contribution in [3.63, 3.8) is 0 Å². The Morgan fingerprint density at radius 1 is 1.47 bits per heavy atom.